The van der Waals surface area contributed by atoms with E-state index in [2.05, 4.69) is 20.3 Å². The smallest absolute Gasteiger partial charge is 0.274 e. The number of fused-ring (bicyclic) bond motifs is 1. The quantitative estimate of drug-likeness (QED) is 0.478. The van der Waals surface area contributed by atoms with Gasteiger partial charge in [-0.3, -0.25) is 5.10 Å². The number of aromatic amines is 1. The van der Waals surface area contributed by atoms with Gasteiger partial charge in [-0.2, -0.15) is 9.50 Å². The molecule has 11 heavy (non-hydrogen) atoms. The molecule has 8 heteroatoms. The third kappa shape index (κ3) is 0.944. The van der Waals surface area contributed by atoms with Gasteiger partial charge in [0.1, 0.15) is 0 Å². The molecule has 0 unspecified atom stereocenters. The van der Waals surface area contributed by atoms with Gasteiger partial charge in [0.05, 0.1) is 0 Å². The summed E-state index contributed by atoms with van der Waals surface area (Å²) in [6.07, 6.45) is 0. The molecule has 0 aromatic carbocycles. The first kappa shape index (κ1) is 7.61. The molecule has 0 saturated carbocycles. The Hall–Kier alpha value is -1.50. The lowest BCUT2D eigenvalue weighted by Crippen LogP contribution is -1.95. The molecule has 0 atom stereocenters. The molecule has 0 spiro atoms. The molecule has 0 saturated heterocycles. The first-order valence-electron chi connectivity index (χ1n) is 2.59. The molecule has 0 aliphatic carbocycles. The molecule has 2 rings (SSSR count). The van der Waals surface area contributed by atoms with Gasteiger partial charge in [-0.05, 0) is 0 Å². The molecule has 0 bridgehead atoms. The van der Waals surface area contributed by atoms with Crippen molar-refractivity contribution in [2.45, 2.75) is 0 Å². The van der Waals surface area contributed by atoms with Crippen LogP contribution in [-0.4, -0.2) is 24.8 Å². The van der Waals surface area contributed by atoms with Crippen LogP contribution >= 0.6 is 12.4 Å². The largest absolute Gasteiger partial charge is 0.368 e. The Labute approximate surface area is 67.2 Å². The fraction of sp³-hybridized carbons (Fsp3) is 0. The average Bonchev–Trinajstić information content (AvgIpc) is 2.35. The fourth-order valence-corrected chi connectivity index (χ4v) is 0.715. The highest BCUT2D eigenvalue weighted by atomic mass is 35.5. The summed E-state index contributed by atoms with van der Waals surface area (Å²) in [5.41, 5.74) is 10.6. The molecule has 0 aliphatic heterocycles. The summed E-state index contributed by atoms with van der Waals surface area (Å²) in [4.78, 5) is 3.77. The van der Waals surface area contributed by atoms with Gasteiger partial charge in [0.15, 0.2) is 0 Å². The zero-order chi connectivity index (χ0) is 7.14. The van der Waals surface area contributed by atoms with Crippen molar-refractivity contribution in [2.75, 3.05) is 11.5 Å². The van der Waals surface area contributed by atoms with E-state index in [4.69, 9.17) is 11.5 Å². The predicted molar refractivity (Wildman–Crippen MR) is 41.2 cm³/mol. The lowest BCUT2D eigenvalue weighted by Gasteiger charge is -1.82. The van der Waals surface area contributed by atoms with Crippen LogP contribution in [0.3, 0.4) is 0 Å². The molecular formula is C3H6ClN7. The lowest BCUT2D eigenvalue weighted by atomic mass is 11.0. The van der Waals surface area contributed by atoms with E-state index in [1.165, 1.54) is 4.52 Å². The number of aromatic nitrogens is 5. The summed E-state index contributed by atoms with van der Waals surface area (Å²) >= 11 is 0. The Kier molecular flexibility index (Phi) is 1.57. The number of halogens is 1. The van der Waals surface area contributed by atoms with E-state index in [0.29, 0.717) is 5.78 Å². The number of nitrogens with two attached hydrogens (primary N) is 2. The van der Waals surface area contributed by atoms with Crippen LogP contribution in [0.4, 0.5) is 11.9 Å². The number of H-pyrrole nitrogens is 1. The van der Waals surface area contributed by atoms with Gasteiger partial charge in [0, 0.05) is 0 Å². The van der Waals surface area contributed by atoms with E-state index < -0.39 is 0 Å². The third-order valence-corrected chi connectivity index (χ3v) is 1.12. The van der Waals surface area contributed by atoms with Gasteiger partial charge in [0.2, 0.25) is 11.9 Å². The summed E-state index contributed by atoms with van der Waals surface area (Å²) in [6.45, 7) is 0. The Bertz CT molecular complexity index is 361. The van der Waals surface area contributed by atoms with Crippen molar-refractivity contribution in [3.8, 4) is 0 Å². The van der Waals surface area contributed by atoms with Gasteiger partial charge in [-0.25, -0.2) is 0 Å². The van der Waals surface area contributed by atoms with Crippen LogP contribution in [-0.2, 0) is 0 Å². The number of nitrogens with one attached hydrogen (secondary N) is 1. The standard InChI is InChI=1S/C3H5N7.ClH/c4-1-6-3-8-7-2(5)10(3)9-1;/h(H2,5,7)(H3,4,6,8,9);1H. The van der Waals surface area contributed by atoms with Gasteiger partial charge < -0.3 is 11.5 Å². The highest BCUT2D eigenvalue weighted by molar-refractivity contribution is 5.85. The molecule has 2 aromatic heterocycles. The maximum Gasteiger partial charge on any atom is 0.274 e. The first-order chi connectivity index (χ1) is 4.77. The van der Waals surface area contributed by atoms with Crippen molar-refractivity contribution < 1.29 is 0 Å². The first-order valence-corrected chi connectivity index (χ1v) is 2.59. The van der Waals surface area contributed by atoms with E-state index in [-0.39, 0.29) is 24.3 Å². The van der Waals surface area contributed by atoms with Gasteiger partial charge in [0.25, 0.3) is 5.78 Å². The van der Waals surface area contributed by atoms with Crippen LogP contribution in [0.1, 0.15) is 0 Å². The van der Waals surface area contributed by atoms with Gasteiger partial charge in [-0.15, -0.1) is 22.6 Å². The van der Waals surface area contributed by atoms with Gasteiger partial charge in [-0.1, -0.05) is 0 Å². The summed E-state index contributed by atoms with van der Waals surface area (Å²) in [5.74, 6) is 0.908. The SMILES string of the molecule is Cl.Nc1nc2nnc(N)n2[nH]1. The number of nitrogen functional groups attached to an aromatic ring is 2. The Morgan fingerprint density at radius 2 is 2.00 bits per heavy atom. The molecule has 0 aliphatic rings. The third-order valence-electron chi connectivity index (χ3n) is 1.12. The minimum Gasteiger partial charge on any atom is -0.368 e. The topological polar surface area (TPSA) is 111 Å². The second kappa shape index (κ2) is 2.27. The molecule has 7 nitrogen and oxygen atoms in total. The summed E-state index contributed by atoms with van der Waals surface area (Å²) in [6, 6.07) is 0. The van der Waals surface area contributed by atoms with E-state index in [1.807, 2.05) is 0 Å². The second-order valence-corrected chi connectivity index (χ2v) is 1.80. The van der Waals surface area contributed by atoms with E-state index >= 15 is 0 Å². The second-order valence-electron chi connectivity index (χ2n) is 1.80. The molecule has 0 fully saturated rings. The average molecular weight is 176 g/mol. The highest BCUT2D eigenvalue weighted by Crippen LogP contribution is 2.01. The normalized spacial score (nSPS) is 9.82. The van der Waals surface area contributed by atoms with Crippen molar-refractivity contribution in [3.63, 3.8) is 0 Å². The molecular weight excluding hydrogens is 170 g/mol. The number of rotatable bonds is 0. The number of nitrogens with zero attached hydrogens (tertiary/aromatic N) is 4. The van der Waals surface area contributed by atoms with Crippen LogP contribution in [0.2, 0.25) is 0 Å². The van der Waals surface area contributed by atoms with Gasteiger partial charge >= 0.3 is 0 Å². The van der Waals surface area contributed by atoms with Crippen LogP contribution < -0.4 is 11.5 Å². The Balaban J connectivity index is 0.000000605. The van der Waals surface area contributed by atoms with E-state index in [1.54, 1.807) is 0 Å². The van der Waals surface area contributed by atoms with Crippen molar-refractivity contribution >= 4 is 30.1 Å². The van der Waals surface area contributed by atoms with Crippen LogP contribution in [0.15, 0.2) is 0 Å². The minimum atomic E-state index is 0. The predicted octanol–water partition coefficient (Wildman–Crippen LogP) is -0.961. The zero-order valence-electron chi connectivity index (χ0n) is 5.35. The Morgan fingerprint density at radius 3 is 2.64 bits per heavy atom. The molecule has 2 aromatic rings. The van der Waals surface area contributed by atoms with Crippen molar-refractivity contribution in [3.05, 3.63) is 0 Å². The van der Waals surface area contributed by atoms with Crippen LogP contribution in [0.25, 0.3) is 5.78 Å². The molecule has 5 N–H and O–H groups in total. The lowest BCUT2D eigenvalue weighted by molar-refractivity contribution is 0.977. The fourth-order valence-electron chi connectivity index (χ4n) is 0.715. The number of hydrogen-bond donors (Lipinski definition) is 3. The summed E-state index contributed by atoms with van der Waals surface area (Å²) in [7, 11) is 0. The zero-order valence-corrected chi connectivity index (χ0v) is 6.17. The van der Waals surface area contributed by atoms with Crippen LogP contribution in [0.5, 0.6) is 0 Å². The van der Waals surface area contributed by atoms with E-state index in [9.17, 15) is 0 Å². The monoisotopic (exact) mass is 175 g/mol. The van der Waals surface area contributed by atoms with E-state index in [0.717, 1.165) is 0 Å². The molecule has 0 radical (unpaired) electrons. The maximum absolute atomic E-state index is 5.35. The van der Waals surface area contributed by atoms with Crippen LogP contribution in [0, 0.1) is 0 Å². The van der Waals surface area contributed by atoms with Crippen molar-refractivity contribution in [1.29, 1.82) is 0 Å². The van der Waals surface area contributed by atoms with Crippen molar-refractivity contribution in [1.82, 2.24) is 24.8 Å². The highest BCUT2D eigenvalue weighted by Gasteiger charge is 2.03. The molecule has 60 valence electrons. The Morgan fingerprint density at radius 1 is 1.27 bits per heavy atom. The molecule has 0 amide bonds. The number of anilines is 2. The summed E-state index contributed by atoms with van der Waals surface area (Å²) in [5, 5.41) is 9.78. The minimum absolute atomic E-state index is 0. The van der Waals surface area contributed by atoms with Crippen molar-refractivity contribution in [2.24, 2.45) is 0 Å². The maximum atomic E-state index is 5.35. The summed E-state index contributed by atoms with van der Waals surface area (Å²) < 4.78 is 1.40. The number of hydrogen-bond acceptors (Lipinski definition) is 5. The molecule has 2 heterocycles.